The first-order valence-corrected chi connectivity index (χ1v) is 7.69. The molecule has 0 aliphatic heterocycles. The monoisotopic (exact) mass is 379 g/mol. The van der Waals surface area contributed by atoms with Crippen molar-refractivity contribution in [2.24, 2.45) is 5.10 Å². The van der Waals surface area contributed by atoms with Gasteiger partial charge in [-0.25, -0.2) is 14.6 Å². The molecular formula is C18H16F3N3O3. The fraction of sp³-hybridized carbons (Fsp3) is 0.167. The third-order valence-corrected chi connectivity index (χ3v) is 3.58. The first kappa shape index (κ1) is 20.0. The average Bonchev–Trinajstić information content (AvgIpc) is 2.61. The third kappa shape index (κ3) is 5.06. The lowest BCUT2D eigenvalue weighted by Crippen LogP contribution is -2.28. The zero-order valence-electron chi connectivity index (χ0n) is 14.4. The lowest BCUT2D eigenvalue weighted by molar-refractivity contribution is -0.137. The summed E-state index contributed by atoms with van der Waals surface area (Å²) in [6.45, 7) is 1.52. The van der Waals surface area contributed by atoms with Gasteiger partial charge in [0.1, 0.15) is 0 Å². The molecule has 0 atom stereocenters. The number of nitrogens with zero attached hydrogens (tertiary/aromatic N) is 2. The largest absolute Gasteiger partial charge is 0.478 e. The molecule has 0 spiro atoms. The standard InChI is InChI=1S/C18H16F3N3O3/c1-11(14-8-3-4-9-15(14)16(25)26)23-24(2)17(27)22-13-7-5-6-12(10-13)18(19,20)21/h3-10H,1-2H3,(H,22,27)(H,25,26). The van der Waals surface area contributed by atoms with Crippen LogP contribution in [0, 0.1) is 0 Å². The number of carboxylic acid groups (broad SMARTS) is 1. The molecule has 142 valence electrons. The zero-order valence-corrected chi connectivity index (χ0v) is 14.4. The molecule has 2 N–H and O–H groups in total. The number of amides is 2. The second-order valence-corrected chi connectivity index (χ2v) is 5.57. The second-order valence-electron chi connectivity index (χ2n) is 5.57. The van der Waals surface area contributed by atoms with Crippen LogP contribution >= 0.6 is 0 Å². The molecule has 2 aromatic rings. The number of hydrogen-bond acceptors (Lipinski definition) is 3. The molecule has 0 bridgehead atoms. The molecule has 0 saturated carbocycles. The van der Waals surface area contributed by atoms with Crippen molar-refractivity contribution in [1.29, 1.82) is 0 Å². The molecule has 2 aromatic carbocycles. The van der Waals surface area contributed by atoms with E-state index in [0.29, 0.717) is 5.56 Å². The van der Waals surface area contributed by atoms with Crippen molar-refractivity contribution >= 4 is 23.4 Å². The quantitative estimate of drug-likeness (QED) is 0.614. The van der Waals surface area contributed by atoms with E-state index in [1.165, 1.54) is 32.2 Å². The van der Waals surface area contributed by atoms with E-state index in [9.17, 15) is 27.9 Å². The lowest BCUT2D eigenvalue weighted by Gasteiger charge is -2.15. The number of anilines is 1. The van der Waals surface area contributed by atoms with Crippen molar-refractivity contribution in [3.8, 4) is 0 Å². The third-order valence-electron chi connectivity index (χ3n) is 3.58. The van der Waals surface area contributed by atoms with Crippen LogP contribution < -0.4 is 5.32 Å². The number of alkyl halides is 3. The van der Waals surface area contributed by atoms with E-state index >= 15 is 0 Å². The molecule has 6 nitrogen and oxygen atoms in total. The van der Waals surface area contributed by atoms with Crippen LogP contribution in [0.4, 0.5) is 23.7 Å². The molecule has 0 fully saturated rings. The number of carbonyl (C=O) groups excluding carboxylic acids is 1. The number of carbonyl (C=O) groups is 2. The van der Waals surface area contributed by atoms with Crippen molar-refractivity contribution < 1.29 is 27.9 Å². The van der Waals surface area contributed by atoms with Crippen LogP contribution in [-0.4, -0.2) is 34.9 Å². The summed E-state index contributed by atoms with van der Waals surface area (Å²) in [5, 5.41) is 16.4. The molecule has 0 unspecified atom stereocenters. The van der Waals surface area contributed by atoms with Crippen LogP contribution in [0.15, 0.2) is 53.6 Å². The fourth-order valence-corrected chi connectivity index (χ4v) is 2.29. The Morgan fingerprint density at radius 2 is 1.70 bits per heavy atom. The highest BCUT2D eigenvalue weighted by molar-refractivity contribution is 6.07. The van der Waals surface area contributed by atoms with Gasteiger partial charge < -0.3 is 10.4 Å². The van der Waals surface area contributed by atoms with Crippen LogP contribution in [0.1, 0.15) is 28.4 Å². The van der Waals surface area contributed by atoms with E-state index in [4.69, 9.17) is 0 Å². The van der Waals surface area contributed by atoms with E-state index in [1.54, 1.807) is 18.2 Å². The molecule has 0 heterocycles. The van der Waals surface area contributed by atoms with Gasteiger partial charge in [0.2, 0.25) is 0 Å². The number of urea groups is 1. The summed E-state index contributed by atoms with van der Waals surface area (Å²) in [7, 11) is 1.30. The molecule has 2 rings (SSSR count). The van der Waals surface area contributed by atoms with E-state index in [2.05, 4.69) is 10.4 Å². The van der Waals surface area contributed by atoms with Crippen molar-refractivity contribution in [3.05, 3.63) is 65.2 Å². The number of hydrogen-bond donors (Lipinski definition) is 2. The van der Waals surface area contributed by atoms with Gasteiger partial charge in [-0.05, 0) is 31.2 Å². The van der Waals surface area contributed by atoms with Crippen molar-refractivity contribution in [2.45, 2.75) is 13.1 Å². The summed E-state index contributed by atoms with van der Waals surface area (Å²) < 4.78 is 38.2. The van der Waals surface area contributed by atoms with Gasteiger partial charge in [-0.2, -0.15) is 18.3 Å². The topological polar surface area (TPSA) is 82.0 Å². The van der Waals surface area contributed by atoms with Crippen LogP contribution in [-0.2, 0) is 6.18 Å². The van der Waals surface area contributed by atoms with Crippen molar-refractivity contribution in [3.63, 3.8) is 0 Å². The maximum atomic E-state index is 12.7. The molecule has 27 heavy (non-hydrogen) atoms. The second kappa shape index (κ2) is 7.90. The number of nitrogens with one attached hydrogen (secondary N) is 1. The molecular weight excluding hydrogens is 363 g/mol. The maximum Gasteiger partial charge on any atom is 0.416 e. The molecule has 0 aromatic heterocycles. The highest BCUT2D eigenvalue weighted by atomic mass is 19.4. The van der Waals surface area contributed by atoms with E-state index in [0.717, 1.165) is 17.1 Å². The summed E-state index contributed by atoms with van der Waals surface area (Å²) in [5.74, 6) is -1.14. The number of aromatic carboxylic acids is 1. The van der Waals surface area contributed by atoms with E-state index in [1.807, 2.05) is 0 Å². The number of carboxylic acids is 1. The molecule has 0 aliphatic rings. The first-order chi connectivity index (χ1) is 12.6. The molecule has 2 amide bonds. The smallest absolute Gasteiger partial charge is 0.416 e. The van der Waals surface area contributed by atoms with Gasteiger partial charge in [0, 0.05) is 18.3 Å². The number of hydrazone groups is 1. The van der Waals surface area contributed by atoms with Crippen molar-refractivity contribution in [2.75, 3.05) is 12.4 Å². The Hall–Kier alpha value is -3.36. The van der Waals surface area contributed by atoms with Gasteiger partial charge in [-0.3, -0.25) is 0 Å². The average molecular weight is 379 g/mol. The van der Waals surface area contributed by atoms with Crippen LogP contribution in [0.5, 0.6) is 0 Å². The predicted octanol–water partition coefficient (Wildman–Crippen LogP) is 4.29. The SMILES string of the molecule is CC(=NN(C)C(=O)Nc1cccc(C(F)(F)F)c1)c1ccccc1C(=O)O. The summed E-state index contributed by atoms with van der Waals surface area (Å²) >= 11 is 0. The molecule has 0 radical (unpaired) electrons. The minimum atomic E-state index is -4.53. The van der Waals surface area contributed by atoms with Crippen LogP contribution in [0.2, 0.25) is 0 Å². The highest BCUT2D eigenvalue weighted by Gasteiger charge is 2.30. The van der Waals surface area contributed by atoms with E-state index in [-0.39, 0.29) is 17.0 Å². The Bertz CT molecular complexity index is 895. The Labute approximate surface area is 152 Å². The summed E-state index contributed by atoms with van der Waals surface area (Å²) in [4.78, 5) is 23.4. The Kier molecular flexibility index (Phi) is 5.84. The number of benzene rings is 2. The van der Waals surface area contributed by atoms with Crippen LogP contribution in [0.3, 0.4) is 0 Å². The first-order valence-electron chi connectivity index (χ1n) is 7.69. The fourth-order valence-electron chi connectivity index (χ4n) is 2.29. The normalized spacial score (nSPS) is 11.8. The minimum absolute atomic E-state index is 0.0189. The van der Waals surface area contributed by atoms with Crippen molar-refractivity contribution in [1.82, 2.24) is 5.01 Å². The molecule has 9 heteroatoms. The van der Waals surface area contributed by atoms with E-state index < -0.39 is 23.7 Å². The summed E-state index contributed by atoms with van der Waals surface area (Å²) in [5.41, 5.74) is -0.331. The molecule has 0 aliphatic carbocycles. The Balaban J connectivity index is 2.19. The van der Waals surface area contributed by atoms with Gasteiger partial charge in [-0.15, -0.1) is 0 Å². The van der Waals surface area contributed by atoms with Gasteiger partial charge in [0.15, 0.2) is 0 Å². The van der Waals surface area contributed by atoms with Gasteiger partial charge in [-0.1, -0.05) is 24.3 Å². The number of rotatable bonds is 4. The van der Waals surface area contributed by atoms with Gasteiger partial charge in [0.25, 0.3) is 0 Å². The Morgan fingerprint density at radius 3 is 2.30 bits per heavy atom. The maximum absolute atomic E-state index is 12.7. The summed E-state index contributed by atoms with van der Waals surface area (Å²) in [6, 6.07) is 9.55. The Morgan fingerprint density at radius 1 is 1.07 bits per heavy atom. The van der Waals surface area contributed by atoms with Crippen LogP contribution in [0.25, 0.3) is 0 Å². The minimum Gasteiger partial charge on any atom is -0.478 e. The highest BCUT2D eigenvalue weighted by Crippen LogP contribution is 2.30. The predicted molar refractivity (Wildman–Crippen MR) is 93.8 cm³/mol. The number of halogens is 3. The molecule has 0 saturated heterocycles. The lowest BCUT2D eigenvalue weighted by atomic mass is 10.0. The van der Waals surface area contributed by atoms with Gasteiger partial charge in [0.05, 0.1) is 16.8 Å². The zero-order chi connectivity index (χ0) is 20.2. The van der Waals surface area contributed by atoms with Gasteiger partial charge >= 0.3 is 18.2 Å². The summed E-state index contributed by atoms with van der Waals surface area (Å²) in [6.07, 6.45) is -4.53.